The van der Waals surface area contributed by atoms with Crippen molar-refractivity contribution in [2.75, 3.05) is 10.7 Å². The molecule has 0 N–H and O–H groups in total. The molecule has 1 atom stereocenters. The normalized spacial score (nSPS) is 22.3. The molecule has 0 spiro atoms. The van der Waals surface area contributed by atoms with Crippen LogP contribution in [0.25, 0.3) is 0 Å². The molecule has 27 heavy (non-hydrogen) atoms. The number of hydrogen-bond donors (Lipinski definition) is 0. The number of hydrogen-bond acceptors (Lipinski definition) is 3. The molecule has 1 heterocycles. The third kappa shape index (κ3) is 5.22. The lowest BCUT2D eigenvalue weighted by atomic mass is 9.86. The van der Waals surface area contributed by atoms with Crippen molar-refractivity contribution in [3.63, 3.8) is 0 Å². The Balaban J connectivity index is 1.76. The van der Waals surface area contributed by atoms with Crippen LogP contribution in [0.5, 0.6) is 0 Å². The number of sulfone groups is 1. The van der Waals surface area contributed by atoms with E-state index in [1.807, 2.05) is 24.3 Å². The Morgan fingerprint density at radius 1 is 1.11 bits per heavy atom. The lowest BCUT2D eigenvalue weighted by Gasteiger charge is -2.29. The molecule has 5 heteroatoms. The molecule has 2 aliphatic rings. The van der Waals surface area contributed by atoms with Crippen LogP contribution in [-0.2, 0) is 14.6 Å². The van der Waals surface area contributed by atoms with Gasteiger partial charge >= 0.3 is 0 Å². The van der Waals surface area contributed by atoms with Crippen molar-refractivity contribution >= 4 is 21.4 Å². The summed E-state index contributed by atoms with van der Waals surface area (Å²) in [5.41, 5.74) is 2.00. The van der Waals surface area contributed by atoms with E-state index in [-0.39, 0.29) is 11.7 Å². The van der Waals surface area contributed by atoms with E-state index in [2.05, 4.69) is 13.8 Å². The van der Waals surface area contributed by atoms with Gasteiger partial charge in [-0.15, -0.1) is 0 Å². The first kappa shape index (κ1) is 20.1. The topological polar surface area (TPSA) is 54.5 Å². The fraction of sp³-hybridized carbons (Fsp3) is 0.591. The zero-order valence-corrected chi connectivity index (χ0v) is 17.2. The SMILES string of the molecule is CC(C)c1ccc(N(C(=O)CCC2CCCCC2)C2C=CS(=O)(=O)C2)cc1. The second kappa shape index (κ2) is 8.59. The molecule has 1 aromatic carbocycles. The van der Waals surface area contributed by atoms with E-state index in [1.54, 1.807) is 11.0 Å². The summed E-state index contributed by atoms with van der Waals surface area (Å²) in [7, 11) is -3.21. The number of carbonyl (C=O) groups excluding carboxylic acids is 1. The van der Waals surface area contributed by atoms with Crippen LogP contribution in [0.4, 0.5) is 5.69 Å². The first-order valence-electron chi connectivity index (χ1n) is 10.2. The Bertz CT molecular complexity index is 774. The Kier molecular flexibility index (Phi) is 6.40. The average molecular weight is 390 g/mol. The van der Waals surface area contributed by atoms with Gasteiger partial charge in [0.05, 0.1) is 11.8 Å². The van der Waals surface area contributed by atoms with Crippen LogP contribution >= 0.6 is 0 Å². The molecule has 1 saturated carbocycles. The summed E-state index contributed by atoms with van der Waals surface area (Å²) < 4.78 is 23.8. The van der Waals surface area contributed by atoms with E-state index in [9.17, 15) is 13.2 Å². The molecule has 1 fully saturated rings. The fourth-order valence-corrected chi connectivity index (χ4v) is 5.45. The van der Waals surface area contributed by atoms with E-state index in [0.29, 0.717) is 18.3 Å². The van der Waals surface area contributed by atoms with Crippen molar-refractivity contribution in [3.8, 4) is 0 Å². The zero-order chi connectivity index (χ0) is 19.4. The standard InChI is InChI=1S/C22H31NO3S/c1-17(2)19-9-11-20(12-10-19)23(21-14-15-27(25,26)16-21)22(24)13-8-18-6-4-3-5-7-18/h9-12,14-15,17-18,21H,3-8,13,16H2,1-2H3. The van der Waals surface area contributed by atoms with Gasteiger partial charge in [-0.1, -0.05) is 58.1 Å². The van der Waals surface area contributed by atoms with Crippen molar-refractivity contribution in [1.82, 2.24) is 0 Å². The van der Waals surface area contributed by atoms with Gasteiger partial charge in [0.1, 0.15) is 0 Å². The van der Waals surface area contributed by atoms with Crippen molar-refractivity contribution in [2.45, 2.75) is 70.8 Å². The summed E-state index contributed by atoms with van der Waals surface area (Å²) in [5.74, 6) is 1.07. The Morgan fingerprint density at radius 2 is 1.78 bits per heavy atom. The smallest absolute Gasteiger partial charge is 0.227 e. The highest BCUT2D eigenvalue weighted by molar-refractivity contribution is 7.94. The fourth-order valence-electron chi connectivity index (χ4n) is 4.18. The van der Waals surface area contributed by atoms with Gasteiger partial charge < -0.3 is 4.90 Å². The summed E-state index contributed by atoms with van der Waals surface area (Å²) in [4.78, 5) is 14.8. The number of rotatable bonds is 6. The highest BCUT2D eigenvalue weighted by Gasteiger charge is 2.31. The minimum Gasteiger partial charge on any atom is -0.304 e. The maximum atomic E-state index is 13.1. The molecule has 0 saturated heterocycles. The number of benzene rings is 1. The average Bonchev–Trinajstić information content (AvgIpc) is 3.01. The zero-order valence-electron chi connectivity index (χ0n) is 16.4. The van der Waals surface area contributed by atoms with Gasteiger partial charge in [-0.25, -0.2) is 8.42 Å². The molecule has 1 aliphatic heterocycles. The number of carbonyl (C=O) groups is 1. The minimum absolute atomic E-state index is 0.0197. The third-order valence-electron chi connectivity index (χ3n) is 5.84. The largest absolute Gasteiger partial charge is 0.304 e. The summed E-state index contributed by atoms with van der Waals surface area (Å²) in [6.45, 7) is 4.27. The summed E-state index contributed by atoms with van der Waals surface area (Å²) in [6, 6.07) is 7.57. The molecule has 4 nitrogen and oxygen atoms in total. The first-order chi connectivity index (χ1) is 12.9. The van der Waals surface area contributed by atoms with Crippen LogP contribution in [0, 0.1) is 5.92 Å². The van der Waals surface area contributed by atoms with Crippen LogP contribution in [0.1, 0.15) is 70.3 Å². The molecule has 1 unspecified atom stereocenters. The van der Waals surface area contributed by atoms with Crippen LogP contribution in [0.2, 0.25) is 0 Å². The maximum Gasteiger partial charge on any atom is 0.227 e. The van der Waals surface area contributed by atoms with Gasteiger partial charge in [0.25, 0.3) is 0 Å². The van der Waals surface area contributed by atoms with Crippen molar-refractivity contribution in [3.05, 3.63) is 41.3 Å². The molecule has 1 aromatic rings. The Labute approximate surface area is 163 Å². The van der Waals surface area contributed by atoms with Gasteiger partial charge in [-0.05, 0) is 42.0 Å². The van der Waals surface area contributed by atoms with E-state index in [0.717, 1.165) is 12.1 Å². The molecule has 1 amide bonds. The van der Waals surface area contributed by atoms with Gasteiger partial charge in [-0.3, -0.25) is 4.79 Å². The van der Waals surface area contributed by atoms with E-state index >= 15 is 0 Å². The lowest BCUT2D eigenvalue weighted by Crippen LogP contribution is -2.41. The van der Waals surface area contributed by atoms with Gasteiger partial charge in [-0.2, -0.15) is 0 Å². The molecule has 0 radical (unpaired) electrons. The summed E-state index contributed by atoms with van der Waals surface area (Å²) in [5, 5.41) is 1.25. The predicted molar refractivity (Wildman–Crippen MR) is 111 cm³/mol. The first-order valence-corrected chi connectivity index (χ1v) is 11.9. The van der Waals surface area contributed by atoms with Crippen LogP contribution in [0.3, 0.4) is 0 Å². The molecule has 148 valence electrons. The van der Waals surface area contributed by atoms with Crippen molar-refractivity contribution in [2.24, 2.45) is 5.92 Å². The van der Waals surface area contributed by atoms with Crippen LogP contribution < -0.4 is 4.90 Å². The van der Waals surface area contributed by atoms with Crippen LogP contribution in [-0.4, -0.2) is 26.1 Å². The number of nitrogens with zero attached hydrogens (tertiary/aromatic N) is 1. The third-order valence-corrected chi connectivity index (χ3v) is 7.22. The molecular weight excluding hydrogens is 358 g/mol. The summed E-state index contributed by atoms with van der Waals surface area (Å²) in [6.07, 6.45) is 9.32. The molecule has 1 aliphatic carbocycles. The van der Waals surface area contributed by atoms with Crippen molar-refractivity contribution in [1.29, 1.82) is 0 Å². The van der Waals surface area contributed by atoms with E-state index < -0.39 is 15.9 Å². The monoisotopic (exact) mass is 389 g/mol. The molecule has 0 aromatic heterocycles. The second-order valence-electron chi connectivity index (χ2n) is 8.28. The highest BCUT2D eigenvalue weighted by Crippen LogP contribution is 2.30. The lowest BCUT2D eigenvalue weighted by molar-refractivity contribution is -0.119. The van der Waals surface area contributed by atoms with Crippen LogP contribution in [0.15, 0.2) is 35.7 Å². The maximum absolute atomic E-state index is 13.1. The van der Waals surface area contributed by atoms with E-state index in [1.165, 1.54) is 43.1 Å². The molecular formula is C22H31NO3S. The van der Waals surface area contributed by atoms with Gasteiger partial charge in [0.2, 0.25) is 5.91 Å². The minimum atomic E-state index is -3.21. The molecule has 3 rings (SSSR count). The van der Waals surface area contributed by atoms with Gasteiger partial charge in [0.15, 0.2) is 9.84 Å². The highest BCUT2D eigenvalue weighted by atomic mass is 32.2. The summed E-state index contributed by atoms with van der Waals surface area (Å²) >= 11 is 0. The van der Waals surface area contributed by atoms with Gasteiger partial charge in [0, 0.05) is 17.5 Å². The quantitative estimate of drug-likeness (QED) is 0.701. The molecule has 0 bridgehead atoms. The number of amides is 1. The number of anilines is 1. The Morgan fingerprint density at radius 3 is 2.33 bits per heavy atom. The van der Waals surface area contributed by atoms with E-state index in [4.69, 9.17) is 0 Å². The van der Waals surface area contributed by atoms with Crippen molar-refractivity contribution < 1.29 is 13.2 Å². The second-order valence-corrected chi connectivity index (χ2v) is 10.2. The predicted octanol–water partition coefficient (Wildman–Crippen LogP) is 4.81. The Hall–Kier alpha value is -1.62.